The van der Waals surface area contributed by atoms with Crippen molar-refractivity contribution in [1.82, 2.24) is 15.0 Å². The van der Waals surface area contributed by atoms with Gasteiger partial charge in [0.15, 0.2) is 11.6 Å². The first-order valence-corrected chi connectivity index (χ1v) is 11.0. The lowest BCUT2D eigenvalue weighted by Gasteiger charge is -2.17. The van der Waals surface area contributed by atoms with Crippen molar-refractivity contribution >= 4 is 23.6 Å². The second kappa shape index (κ2) is 9.83. The number of aryl methyl sites for hydroxylation is 1. The van der Waals surface area contributed by atoms with Crippen LogP contribution in [0, 0.1) is 18.6 Å². The summed E-state index contributed by atoms with van der Waals surface area (Å²) >= 11 is 1.29. The zero-order chi connectivity index (χ0) is 23.4. The minimum atomic E-state index is -1.11. The van der Waals surface area contributed by atoms with Crippen LogP contribution in [0.15, 0.2) is 67.0 Å². The predicted octanol–water partition coefficient (Wildman–Crippen LogP) is 6.32. The van der Waals surface area contributed by atoms with Gasteiger partial charge in [0.05, 0.1) is 16.9 Å². The van der Waals surface area contributed by atoms with Crippen molar-refractivity contribution in [2.24, 2.45) is 0 Å². The van der Waals surface area contributed by atoms with Gasteiger partial charge in [-0.3, -0.25) is 0 Å². The Morgan fingerprint density at radius 2 is 1.79 bits per heavy atom. The molecule has 0 radical (unpaired) electrons. The summed E-state index contributed by atoms with van der Waals surface area (Å²) in [5.74, 6) is -2.24. The minimum Gasteiger partial charge on any atom is -0.435 e. The lowest BCUT2D eigenvalue weighted by atomic mass is 10.1. The Bertz CT molecular complexity index is 1270. The van der Waals surface area contributed by atoms with Crippen molar-refractivity contribution in [3.8, 4) is 22.9 Å². The molecule has 4 aromatic rings. The summed E-state index contributed by atoms with van der Waals surface area (Å²) in [7, 11) is 0. The van der Waals surface area contributed by atoms with E-state index in [0.717, 1.165) is 5.56 Å². The van der Waals surface area contributed by atoms with Crippen LogP contribution in [0.25, 0.3) is 11.3 Å². The predicted molar refractivity (Wildman–Crippen MR) is 127 cm³/mol. The number of benzene rings is 2. The molecule has 3 N–H and O–H groups in total. The second-order valence-corrected chi connectivity index (χ2v) is 8.38. The quantitative estimate of drug-likeness (QED) is 0.309. The van der Waals surface area contributed by atoms with Crippen molar-refractivity contribution in [2.45, 2.75) is 19.1 Å². The van der Waals surface area contributed by atoms with Crippen LogP contribution in [0.5, 0.6) is 11.6 Å². The van der Waals surface area contributed by atoms with Gasteiger partial charge in [0.2, 0.25) is 17.6 Å². The fourth-order valence-corrected chi connectivity index (χ4v) is 3.91. The van der Waals surface area contributed by atoms with E-state index in [0.29, 0.717) is 16.8 Å². The van der Waals surface area contributed by atoms with Crippen LogP contribution < -0.4 is 15.2 Å². The van der Waals surface area contributed by atoms with Gasteiger partial charge in [0.25, 0.3) is 0 Å². The molecule has 0 aliphatic heterocycles. The summed E-state index contributed by atoms with van der Waals surface area (Å²) in [6, 6.07) is 16.3. The van der Waals surface area contributed by atoms with Crippen molar-refractivity contribution in [2.75, 3.05) is 10.5 Å². The number of halogens is 2. The van der Waals surface area contributed by atoms with E-state index in [-0.39, 0.29) is 28.5 Å². The molecular formula is C24H21F2N5OS. The maximum Gasteiger partial charge on any atom is 0.228 e. The van der Waals surface area contributed by atoms with Gasteiger partial charge in [-0.25, -0.2) is 19.3 Å². The van der Waals surface area contributed by atoms with E-state index >= 15 is 4.39 Å². The average molecular weight is 466 g/mol. The standard InChI is InChI=1S/C24H21F2N5OS/c1-14-13-19(31-33-15(2)16-7-4-3-5-8-16)20(25)21(26)22(14)32-23-17(9-6-11-28-23)18-10-12-29-24(27)30-18/h3-13,15,31H,1-2H3,(H2,27,29,30). The average Bonchev–Trinajstić information content (AvgIpc) is 2.84. The van der Waals surface area contributed by atoms with E-state index in [1.165, 1.54) is 30.4 Å². The molecule has 1 unspecified atom stereocenters. The fraction of sp³-hybridized carbons (Fsp3) is 0.125. The molecule has 2 aromatic heterocycles. The molecular weight excluding hydrogens is 444 g/mol. The van der Waals surface area contributed by atoms with Gasteiger partial charge in [-0.2, -0.15) is 4.39 Å². The van der Waals surface area contributed by atoms with E-state index in [4.69, 9.17) is 10.5 Å². The number of nitrogen functional groups attached to an aromatic ring is 1. The Kier molecular flexibility index (Phi) is 6.69. The van der Waals surface area contributed by atoms with E-state index in [2.05, 4.69) is 19.7 Å². The molecule has 0 saturated heterocycles. The molecule has 33 heavy (non-hydrogen) atoms. The number of hydrogen-bond acceptors (Lipinski definition) is 7. The number of nitrogens with one attached hydrogen (secondary N) is 1. The van der Waals surface area contributed by atoms with Crippen molar-refractivity contribution in [3.63, 3.8) is 0 Å². The third-order valence-corrected chi connectivity index (χ3v) is 5.85. The summed E-state index contributed by atoms with van der Waals surface area (Å²) in [4.78, 5) is 12.2. The molecule has 0 bridgehead atoms. The van der Waals surface area contributed by atoms with Gasteiger partial charge < -0.3 is 15.2 Å². The number of nitrogens with two attached hydrogens (primary N) is 1. The summed E-state index contributed by atoms with van der Waals surface area (Å²) < 4.78 is 38.6. The van der Waals surface area contributed by atoms with Gasteiger partial charge in [0, 0.05) is 17.6 Å². The van der Waals surface area contributed by atoms with Gasteiger partial charge in [-0.1, -0.05) is 30.3 Å². The van der Waals surface area contributed by atoms with Crippen LogP contribution in [-0.2, 0) is 0 Å². The number of hydrogen-bond donors (Lipinski definition) is 2. The molecule has 4 rings (SSSR count). The summed E-state index contributed by atoms with van der Waals surface area (Å²) in [6.07, 6.45) is 2.99. The number of nitrogens with zero attached hydrogens (tertiary/aromatic N) is 3. The molecule has 0 amide bonds. The van der Waals surface area contributed by atoms with Gasteiger partial charge in [0.1, 0.15) is 0 Å². The Hall–Kier alpha value is -3.72. The Morgan fingerprint density at radius 1 is 1.00 bits per heavy atom. The number of anilines is 2. The number of rotatable bonds is 7. The molecule has 168 valence electrons. The van der Waals surface area contributed by atoms with Crippen LogP contribution in [0.1, 0.15) is 23.3 Å². The topological polar surface area (TPSA) is 86.0 Å². The van der Waals surface area contributed by atoms with Crippen LogP contribution in [0.2, 0.25) is 0 Å². The molecule has 0 spiro atoms. The lowest BCUT2D eigenvalue weighted by Crippen LogP contribution is -2.03. The van der Waals surface area contributed by atoms with Crippen molar-refractivity contribution < 1.29 is 13.5 Å². The first-order valence-electron chi connectivity index (χ1n) is 10.1. The highest BCUT2D eigenvalue weighted by Gasteiger charge is 2.21. The summed E-state index contributed by atoms with van der Waals surface area (Å²) in [6.45, 7) is 3.62. The Labute approximate surface area is 194 Å². The Morgan fingerprint density at radius 3 is 2.55 bits per heavy atom. The van der Waals surface area contributed by atoms with Crippen molar-refractivity contribution in [3.05, 3.63) is 89.8 Å². The van der Waals surface area contributed by atoms with Crippen LogP contribution in [-0.4, -0.2) is 15.0 Å². The zero-order valence-corrected chi connectivity index (χ0v) is 18.7. The highest BCUT2D eigenvalue weighted by Crippen LogP contribution is 2.38. The molecule has 6 nitrogen and oxygen atoms in total. The third-order valence-electron chi connectivity index (χ3n) is 4.88. The molecule has 2 heterocycles. The Balaban J connectivity index is 1.59. The molecule has 9 heteroatoms. The van der Waals surface area contributed by atoms with Crippen LogP contribution in [0.3, 0.4) is 0 Å². The van der Waals surface area contributed by atoms with Gasteiger partial charge in [-0.05, 0) is 61.2 Å². The maximum atomic E-state index is 15.0. The van der Waals surface area contributed by atoms with Crippen molar-refractivity contribution in [1.29, 1.82) is 0 Å². The van der Waals surface area contributed by atoms with E-state index in [9.17, 15) is 4.39 Å². The number of ether oxygens (including phenoxy) is 1. The summed E-state index contributed by atoms with van der Waals surface area (Å²) in [5.41, 5.74) is 8.11. The number of pyridine rings is 1. The zero-order valence-electron chi connectivity index (χ0n) is 17.9. The lowest BCUT2D eigenvalue weighted by molar-refractivity contribution is 0.404. The first kappa shape index (κ1) is 22.5. The molecule has 1 atom stereocenters. The fourth-order valence-electron chi connectivity index (χ4n) is 3.17. The third kappa shape index (κ3) is 5.04. The molecule has 0 aliphatic rings. The molecule has 0 fully saturated rings. The molecule has 0 aliphatic carbocycles. The highest BCUT2D eigenvalue weighted by molar-refractivity contribution is 8.00. The molecule has 0 saturated carbocycles. The first-order chi connectivity index (χ1) is 15.9. The van der Waals surface area contributed by atoms with E-state index < -0.39 is 11.6 Å². The summed E-state index contributed by atoms with van der Waals surface area (Å²) in [5, 5.41) is 0.0290. The van der Waals surface area contributed by atoms with Gasteiger partial charge in [-0.15, -0.1) is 0 Å². The smallest absolute Gasteiger partial charge is 0.228 e. The normalized spacial score (nSPS) is 11.8. The number of aromatic nitrogens is 3. The second-order valence-electron chi connectivity index (χ2n) is 7.23. The van der Waals surface area contributed by atoms with Crippen LogP contribution >= 0.6 is 11.9 Å². The molecule has 2 aromatic carbocycles. The largest absolute Gasteiger partial charge is 0.435 e. The minimum absolute atomic E-state index is 0.0290. The van der Waals surface area contributed by atoms with E-state index in [1.807, 2.05) is 37.3 Å². The van der Waals surface area contributed by atoms with Gasteiger partial charge >= 0.3 is 0 Å². The monoisotopic (exact) mass is 465 g/mol. The van der Waals surface area contributed by atoms with Crippen LogP contribution in [0.4, 0.5) is 20.4 Å². The highest BCUT2D eigenvalue weighted by atomic mass is 32.2. The SMILES string of the molecule is Cc1cc(NSC(C)c2ccccc2)c(F)c(F)c1Oc1ncccc1-c1ccnc(N)n1. The van der Waals surface area contributed by atoms with E-state index in [1.54, 1.807) is 25.1 Å². The maximum absolute atomic E-state index is 15.0.